The molecule has 0 aliphatic rings. The van der Waals surface area contributed by atoms with E-state index in [-0.39, 0.29) is 6.15 Å². The molecule has 0 saturated heterocycles. The lowest BCUT2D eigenvalue weighted by Gasteiger charge is -2.33. The molecule has 0 radical (unpaired) electrons. The van der Waals surface area contributed by atoms with Crippen LogP contribution in [0.2, 0.25) is 0 Å². The van der Waals surface area contributed by atoms with Crippen LogP contribution in [-0.2, 0) is 9.53 Å². The molecule has 0 aliphatic heterocycles. The lowest BCUT2D eigenvalue weighted by molar-refractivity contribution is -0.446. The molecule has 0 aromatic rings. The molecule has 0 fully saturated rings. The molecule has 0 aromatic carbocycles. The number of ether oxygens (including phenoxy) is 1. The summed E-state index contributed by atoms with van der Waals surface area (Å²) in [4.78, 5) is 9.55. The third-order valence-corrected chi connectivity index (χ3v) is 1.53. The molecule has 0 rings (SSSR count). The number of rotatable bonds is 5. The van der Waals surface area contributed by atoms with Crippen LogP contribution in [0, 0.1) is 0 Å². The van der Waals surface area contributed by atoms with Crippen molar-refractivity contribution in [3.8, 4) is 0 Å². The quantitative estimate of drug-likeness (QED) is 0.781. The lowest BCUT2D eigenvalue weighted by Crippen LogP contribution is -2.63. The first-order valence-electron chi connectivity index (χ1n) is 3.81. The SMILES string of the molecule is O=C([O-])C(F)(F)C(F)(F)C(F)(F)OC(F)C(F)(F)F.[NH4+]. The highest BCUT2D eigenvalue weighted by Crippen LogP contribution is 2.47. The molecule has 0 aromatic heterocycles. The minimum Gasteiger partial charge on any atom is -0.544 e. The van der Waals surface area contributed by atoms with Crippen molar-refractivity contribution in [2.45, 2.75) is 30.5 Å². The number of hydrogen-bond donors (Lipinski definition) is 1. The Morgan fingerprint density at radius 2 is 1.30 bits per heavy atom. The van der Waals surface area contributed by atoms with Gasteiger partial charge in [0.15, 0.2) is 0 Å². The number of aliphatic carboxylic acids is 1. The predicted octanol–water partition coefficient (Wildman–Crippen LogP) is 1.85. The number of carboxylic acids is 1. The van der Waals surface area contributed by atoms with Crippen LogP contribution in [0.15, 0.2) is 0 Å². The Labute approximate surface area is 102 Å². The third kappa shape index (κ3) is 3.62. The van der Waals surface area contributed by atoms with Crippen molar-refractivity contribution < 1.29 is 58.5 Å². The predicted molar refractivity (Wildman–Crippen MR) is 37.9 cm³/mol. The van der Waals surface area contributed by atoms with E-state index < -0.39 is 36.5 Å². The highest BCUT2D eigenvalue weighted by Gasteiger charge is 2.75. The molecule has 4 nitrogen and oxygen atoms in total. The second kappa shape index (κ2) is 5.59. The van der Waals surface area contributed by atoms with Crippen LogP contribution in [0.5, 0.6) is 0 Å². The van der Waals surface area contributed by atoms with Crippen LogP contribution >= 0.6 is 0 Å². The van der Waals surface area contributed by atoms with Crippen LogP contribution in [0.1, 0.15) is 0 Å². The number of hydrogen-bond acceptors (Lipinski definition) is 3. The van der Waals surface area contributed by atoms with Gasteiger partial charge in [-0.3, -0.25) is 4.74 Å². The van der Waals surface area contributed by atoms with Crippen molar-refractivity contribution >= 4 is 5.97 Å². The van der Waals surface area contributed by atoms with Gasteiger partial charge in [-0.1, -0.05) is 0 Å². The molecule has 1 atom stereocenters. The second-order valence-corrected chi connectivity index (χ2v) is 2.93. The van der Waals surface area contributed by atoms with E-state index in [1.54, 1.807) is 0 Å². The van der Waals surface area contributed by atoms with Crippen molar-refractivity contribution in [2.75, 3.05) is 0 Å². The molecule has 0 spiro atoms. The van der Waals surface area contributed by atoms with Gasteiger partial charge in [0.2, 0.25) is 0 Å². The molecule has 20 heavy (non-hydrogen) atoms. The summed E-state index contributed by atoms with van der Waals surface area (Å²) in [5.41, 5.74) is 0. The molecular formula is C6H5F10NO3. The normalized spacial score (nSPS) is 15.5. The average Bonchev–Trinajstić information content (AvgIpc) is 2.14. The largest absolute Gasteiger partial charge is 0.544 e. The van der Waals surface area contributed by atoms with Gasteiger partial charge in [-0.2, -0.15) is 39.5 Å². The van der Waals surface area contributed by atoms with Crippen LogP contribution in [0.4, 0.5) is 43.9 Å². The van der Waals surface area contributed by atoms with Gasteiger partial charge in [-0.15, -0.1) is 0 Å². The topological polar surface area (TPSA) is 85.9 Å². The van der Waals surface area contributed by atoms with Crippen LogP contribution in [0.3, 0.4) is 0 Å². The van der Waals surface area contributed by atoms with Gasteiger partial charge in [0, 0.05) is 0 Å². The van der Waals surface area contributed by atoms with E-state index in [1.165, 1.54) is 0 Å². The highest BCUT2D eigenvalue weighted by molar-refractivity contribution is 5.74. The van der Waals surface area contributed by atoms with Gasteiger partial charge in [0.25, 0.3) is 6.36 Å². The summed E-state index contributed by atoms with van der Waals surface area (Å²) >= 11 is 0. The second-order valence-electron chi connectivity index (χ2n) is 2.93. The van der Waals surface area contributed by atoms with Crippen molar-refractivity contribution in [2.24, 2.45) is 0 Å². The zero-order valence-electron chi connectivity index (χ0n) is 9.08. The van der Waals surface area contributed by atoms with E-state index in [9.17, 15) is 53.8 Å². The van der Waals surface area contributed by atoms with E-state index >= 15 is 0 Å². The average molecular weight is 329 g/mol. The Morgan fingerprint density at radius 1 is 0.950 bits per heavy atom. The maximum absolute atomic E-state index is 12.4. The van der Waals surface area contributed by atoms with Crippen molar-refractivity contribution in [1.82, 2.24) is 6.15 Å². The summed E-state index contributed by atoms with van der Waals surface area (Å²) in [6.45, 7) is 0. The molecule has 0 heterocycles. The highest BCUT2D eigenvalue weighted by atomic mass is 19.4. The summed E-state index contributed by atoms with van der Waals surface area (Å²) in [6, 6.07) is 0. The molecule has 122 valence electrons. The maximum atomic E-state index is 12.4. The number of carbonyl (C=O) groups is 1. The number of halogens is 10. The van der Waals surface area contributed by atoms with E-state index in [1.807, 2.05) is 4.74 Å². The fourth-order valence-corrected chi connectivity index (χ4v) is 0.582. The summed E-state index contributed by atoms with van der Waals surface area (Å²) in [6.07, 6.45) is -18.0. The van der Waals surface area contributed by atoms with E-state index in [2.05, 4.69) is 0 Å². The maximum Gasteiger partial charge on any atom is 0.445 e. The fraction of sp³-hybridized carbons (Fsp3) is 0.833. The molecule has 0 aliphatic carbocycles. The molecule has 0 bridgehead atoms. The zero-order chi connectivity index (χ0) is 15.9. The van der Waals surface area contributed by atoms with Crippen molar-refractivity contribution in [3.05, 3.63) is 0 Å². The van der Waals surface area contributed by atoms with Crippen LogP contribution < -0.4 is 11.3 Å². The van der Waals surface area contributed by atoms with Gasteiger partial charge in [-0.05, 0) is 0 Å². The number of carbonyl (C=O) groups excluding carboxylic acids is 1. The Morgan fingerprint density at radius 3 is 1.55 bits per heavy atom. The summed E-state index contributed by atoms with van der Waals surface area (Å²) in [7, 11) is 0. The summed E-state index contributed by atoms with van der Waals surface area (Å²) in [5, 5.41) is 9.55. The lowest BCUT2D eigenvalue weighted by atomic mass is 10.1. The Kier molecular flexibility index (Phi) is 5.87. The van der Waals surface area contributed by atoms with Gasteiger partial charge in [-0.25, -0.2) is 4.39 Å². The minimum absolute atomic E-state index is 0. The van der Waals surface area contributed by atoms with E-state index in [0.717, 1.165) is 0 Å². The summed E-state index contributed by atoms with van der Waals surface area (Å²) < 4.78 is 122. The minimum atomic E-state index is -6.98. The standard InChI is InChI=1S/C6H2F10O3.H3N/c7-1(4(10,11)12)19-6(15,16)5(13,14)3(8,9)2(17)18;/h1H,(H,17,18);1H3. The van der Waals surface area contributed by atoms with Crippen molar-refractivity contribution in [1.29, 1.82) is 0 Å². The smallest absolute Gasteiger partial charge is 0.445 e. The Bertz CT molecular complexity index is 353. The fourth-order valence-electron chi connectivity index (χ4n) is 0.582. The van der Waals surface area contributed by atoms with Gasteiger partial charge >= 0.3 is 24.1 Å². The van der Waals surface area contributed by atoms with Gasteiger partial charge in [0.1, 0.15) is 5.97 Å². The molecule has 1 unspecified atom stereocenters. The Hall–Kier alpha value is -1.31. The molecule has 4 N–H and O–H groups in total. The van der Waals surface area contributed by atoms with E-state index in [4.69, 9.17) is 0 Å². The number of alkyl halides is 10. The first-order chi connectivity index (χ1) is 8.07. The summed E-state index contributed by atoms with van der Waals surface area (Å²) in [5.74, 6) is -17.6. The zero-order valence-corrected chi connectivity index (χ0v) is 9.08. The van der Waals surface area contributed by atoms with Gasteiger partial charge < -0.3 is 16.1 Å². The van der Waals surface area contributed by atoms with Crippen LogP contribution in [-0.4, -0.2) is 36.5 Å². The number of carboxylic acid groups (broad SMARTS) is 1. The third-order valence-electron chi connectivity index (χ3n) is 1.53. The molecule has 0 saturated carbocycles. The van der Waals surface area contributed by atoms with Crippen LogP contribution in [0.25, 0.3) is 0 Å². The Balaban J connectivity index is 0. The first kappa shape index (κ1) is 21.0. The molecular weight excluding hydrogens is 324 g/mol. The molecule has 0 amide bonds. The monoisotopic (exact) mass is 329 g/mol. The first-order valence-corrected chi connectivity index (χ1v) is 3.81. The van der Waals surface area contributed by atoms with Crippen molar-refractivity contribution in [3.63, 3.8) is 0 Å². The van der Waals surface area contributed by atoms with Gasteiger partial charge in [0.05, 0.1) is 0 Å². The molecule has 14 heteroatoms. The van der Waals surface area contributed by atoms with E-state index in [0.29, 0.717) is 0 Å². The number of quaternary nitrogens is 1.